The Hall–Kier alpha value is -4.60. The Labute approximate surface area is 208 Å². The van der Waals surface area contributed by atoms with E-state index >= 15 is 0 Å². The summed E-state index contributed by atoms with van der Waals surface area (Å²) in [6, 6.07) is 9.45. The Balaban J connectivity index is 1.57. The van der Waals surface area contributed by atoms with Gasteiger partial charge in [-0.3, -0.25) is 25.0 Å². The molecule has 2 aromatic heterocycles. The summed E-state index contributed by atoms with van der Waals surface area (Å²) in [5, 5.41) is 8.90. The summed E-state index contributed by atoms with van der Waals surface area (Å²) in [5.41, 5.74) is 2.42. The molecule has 4 rings (SSSR count). The topological polar surface area (TPSA) is 127 Å². The van der Waals surface area contributed by atoms with Crippen molar-refractivity contribution in [1.29, 1.82) is 5.41 Å². The van der Waals surface area contributed by atoms with Crippen LogP contribution >= 0.6 is 0 Å². The quantitative estimate of drug-likeness (QED) is 0.230. The molecular formula is C26H27N7O3. The molecule has 36 heavy (non-hydrogen) atoms. The van der Waals surface area contributed by atoms with Gasteiger partial charge < -0.3 is 19.5 Å². The zero-order valence-corrected chi connectivity index (χ0v) is 20.2. The predicted molar refractivity (Wildman–Crippen MR) is 140 cm³/mol. The predicted octanol–water partition coefficient (Wildman–Crippen LogP) is 3.01. The van der Waals surface area contributed by atoms with E-state index < -0.39 is 11.7 Å². The fraction of sp³-hybridized carbons (Fsp3) is 0.231. The third-order valence-corrected chi connectivity index (χ3v) is 5.99. The zero-order chi connectivity index (χ0) is 25.7. The van der Waals surface area contributed by atoms with Crippen LogP contribution in [0.15, 0.2) is 58.9 Å². The molecule has 10 nitrogen and oxygen atoms in total. The lowest BCUT2D eigenvalue weighted by atomic mass is 10.1. The molecule has 1 amide bonds. The minimum atomic E-state index is -0.644. The largest absolute Gasteiger partial charge is 0.494 e. The van der Waals surface area contributed by atoms with Crippen LogP contribution < -0.4 is 4.74 Å². The van der Waals surface area contributed by atoms with Crippen LogP contribution in [0, 0.1) is 5.41 Å². The highest BCUT2D eigenvalue weighted by Gasteiger charge is 2.31. The van der Waals surface area contributed by atoms with Crippen molar-refractivity contribution in [1.82, 2.24) is 19.8 Å². The maximum atomic E-state index is 13.3. The number of amides is 1. The van der Waals surface area contributed by atoms with Gasteiger partial charge >= 0.3 is 0 Å². The number of hydrogen-bond acceptors (Lipinski definition) is 7. The van der Waals surface area contributed by atoms with Gasteiger partial charge in [-0.2, -0.15) is 0 Å². The molecule has 0 aliphatic carbocycles. The summed E-state index contributed by atoms with van der Waals surface area (Å²) in [7, 11) is 1.48. The van der Waals surface area contributed by atoms with Crippen molar-refractivity contribution in [2.75, 3.05) is 33.3 Å². The van der Waals surface area contributed by atoms with Crippen molar-refractivity contribution < 1.29 is 14.3 Å². The number of aromatic amines is 1. The van der Waals surface area contributed by atoms with Gasteiger partial charge in [-0.1, -0.05) is 30.3 Å². The number of piperazine rings is 1. The van der Waals surface area contributed by atoms with E-state index in [4.69, 9.17) is 10.1 Å². The second kappa shape index (κ2) is 10.8. The fourth-order valence-electron chi connectivity index (χ4n) is 4.20. The van der Waals surface area contributed by atoms with E-state index in [2.05, 4.69) is 26.7 Å². The fourth-order valence-corrected chi connectivity index (χ4v) is 4.20. The number of aromatic nitrogens is 2. The maximum Gasteiger partial charge on any atom is 0.295 e. The highest BCUT2D eigenvalue weighted by Crippen LogP contribution is 2.33. The number of nitrogens with zero attached hydrogens (tertiary/aromatic N) is 5. The van der Waals surface area contributed by atoms with Crippen molar-refractivity contribution in [3.8, 4) is 5.75 Å². The molecule has 1 fully saturated rings. The third-order valence-electron chi connectivity index (χ3n) is 5.99. The molecule has 0 saturated carbocycles. The summed E-state index contributed by atoms with van der Waals surface area (Å²) in [5.74, 6) is -0.478. The number of benzene rings is 1. The van der Waals surface area contributed by atoms with Gasteiger partial charge in [0.05, 0.1) is 36.0 Å². The number of aliphatic imine (C=N–C) groups is 2. The number of amidine groups is 1. The molecule has 3 heterocycles. The number of fused-ring (bicyclic) bond motifs is 1. The molecule has 1 aliphatic heterocycles. The minimum absolute atomic E-state index is 0.196. The number of nitrogens with one attached hydrogen (secondary N) is 2. The van der Waals surface area contributed by atoms with Gasteiger partial charge in [-0.25, -0.2) is 4.98 Å². The van der Waals surface area contributed by atoms with Crippen molar-refractivity contribution >= 4 is 47.1 Å². The Morgan fingerprint density at radius 1 is 1.17 bits per heavy atom. The van der Waals surface area contributed by atoms with Crippen molar-refractivity contribution in [2.45, 2.75) is 6.92 Å². The summed E-state index contributed by atoms with van der Waals surface area (Å²) >= 11 is 0. The van der Waals surface area contributed by atoms with E-state index in [1.807, 2.05) is 35.2 Å². The first-order valence-electron chi connectivity index (χ1n) is 11.4. The van der Waals surface area contributed by atoms with Crippen LogP contribution in [0.2, 0.25) is 0 Å². The monoisotopic (exact) mass is 485 g/mol. The molecule has 0 spiro atoms. The second-order valence-electron chi connectivity index (χ2n) is 8.03. The van der Waals surface area contributed by atoms with E-state index in [-0.39, 0.29) is 5.56 Å². The van der Waals surface area contributed by atoms with Gasteiger partial charge in [-0.05, 0) is 13.6 Å². The molecule has 2 N–H and O–H groups in total. The SMILES string of the molecule is C=N/C=C(\N=CC)c1ncc(OC)c2c(C(=O)C(=O)N3CCN(C(=N)c4ccccc4)CC3)c[nH]c12. The number of methoxy groups -OCH3 is 1. The lowest BCUT2D eigenvalue weighted by Gasteiger charge is -2.35. The number of pyridine rings is 1. The molecule has 1 aliphatic rings. The van der Waals surface area contributed by atoms with Gasteiger partial charge in [0.1, 0.15) is 23.0 Å². The Kier molecular flexibility index (Phi) is 7.33. The van der Waals surface area contributed by atoms with E-state index in [1.54, 1.807) is 13.1 Å². The smallest absolute Gasteiger partial charge is 0.295 e. The average Bonchev–Trinajstić information content (AvgIpc) is 3.37. The van der Waals surface area contributed by atoms with Crippen LogP contribution in [0.4, 0.5) is 0 Å². The van der Waals surface area contributed by atoms with E-state index in [1.165, 1.54) is 30.6 Å². The van der Waals surface area contributed by atoms with Crippen LogP contribution in [0.1, 0.15) is 28.5 Å². The van der Waals surface area contributed by atoms with Gasteiger partial charge in [-0.15, -0.1) is 0 Å². The molecule has 0 bridgehead atoms. The summed E-state index contributed by atoms with van der Waals surface area (Å²) < 4.78 is 5.46. The molecule has 1 aromatic carbocycles. The standard InChI is InChI=1S/C26H27N7O3/c1-4-29-19(15-28-2)22-23-21(20(36-3)16-31-22)18(14-30-23)24(34)26(35)33-12-10-32(11-13-33)25(27)17-8-6-5-7-9-17/h4-9,14-16,27,30H,2,10-13H2,1,3H3/b19-15-,27-25?,29-4?. The number of hydrogen-bond donors (Lipinski definition) is 2. The Morgan fingerprint density at radius 3 is 2.50 bits per heavy atom. The number of H-pyrrole nitrogens is 1. The molecule has 0 atom stereocenters. The molecule has 0 radical (unpaired) electrons. The molecule has 10 heteroatoms. The molecule has 0 unspecified atom stereocenters. The Morgan fingerprint density at radius 2 is 1.86 bits per heavy atom. The van der Waals surface area contributed by atoms with Gasteiger partial charge in [0.2, 0.25) is 0 Å². The normalized spacial score (nSPS) is 14.3. The van der Waals surface area contributed by atoms with Gasteiger partial charge in [0, 0.05) is 44.2 Å². The van der Waals surface area contributed by atoms with Crippen molar-refractivity contribution in [3.05, 3.63) is 65.7 Å². The number of carbonyl (C=O) groups is 2. The van der Waals surface area contributed by atoms with E-state index in [0.29, 0.717) is 60.1 Å². The number of Topliss-reactive ketones (excluding diaryl/α,β-unsaturated/α-hetero) is 1. The minimum Gasteiger partial charge on any atom is -0.494 e. The first kappa shape index (κ1) is 24.5. The summed E-state index contributed by atoms with van der Waals surface area (Å²) in [4.78, 5) is 45.5. The second-order valence-corrected chi connectivity index (χ2v) is 8.03. The van der Waals surface area contributed by atoms with Gasteiger partial charge in [0.15, 0.2) is 0 Å². The third kappa shape index (κ3) is 4.65. The van der Waals surface area contributed by atoms with Gasteiger partial charge in [0.25, 0.3) is 11.7 Å². The molecule has 3 aromatic rings. The number of ether oxygens (including phenoxy) is 1. The summed E-state index contributed by atoms with van der Waals surface area (Å²) in [6.07, 6.45) is 6.05. The molecule has 1 saturated heterocycles. The lowest BCUT2D eigenvalue weighted by Crippen LogP contribution is -2.52. The lowest BCUT2D eigenvalue weighted by molar-refractivity contribution is -0.127. The number of rotatable bonds is 7. The summed E-state index contributed by atoms with van der Waals surface area (Å²) in [6.45, 7) is 6.87. The van der Waals surface area contributed by atoms with Crippen LogP contribution in [-0.2, 0) is 4.79 Å². The van der Waals surface area contributed by atoms with E-state index in [9.17, 15) is 9.59 Å². The van der Waals surface area contributed by atoms with E-state index in [0.717, 1.165) is 5.56 Å². The van der Waals surface area contributed by atoms with Crippen LogP contribution in [-0.4, -0.2) is 83.5 Å². The van der Waals surface area contributed by atoms with Crippen LogP contribution in [0.25, 0.3) is 16.6 Å². The zero-order valence-electron chi connectivity index (χ0n) is 20.2. The highest BCUT2D eigenvalue weighted by atomic mass is 16.5. The van der Waals surface area contributed by atoms with Crippen molar-refractivity contribution in [3.63, 3.8) is 0 Å². The molecular weight excluding hydrogens is 458 g/mol. The van der Waals surface area contributed by atoms with Crippen molar-refractivity contribution in [2.24, 2.45) is 9.98 Å². The van der Waals surface area contributed by atoms with Crippen LogP contribution in [0.3, 0.4) is 0 Å². The molecule has 184 valence electrons. The highest BCUT2D eigenvalue weighted by molar-refractivity contribution is 6.45. The average molecular weight is 486 g/mol. The Bertz CT molecular complexity index is 1370. The first-order chi connectivity index (χ1) is 17.5. The first-order valence-corrected chi connectivity index (χ1v) is 11.4. The van der Waals surface area contributed by atoms with Crippen LogP contribution in [0.5, 0.6) is 5.75 Å². The number of carbonyl (C=O) groups excluding carboxylic acids is 2. The maximum absolute atomic E-state index is 13.3. The number of ketones is 1.